The van der Waals surface area contributed by atoms with Gasteiger partial charge in [-0.25, -0.2) is 4.79 Å². The molecular weight excluding hydrogens is 358 g/mol. The average Bonchev–Trinajstić information content (AvgIpc) is 2.91. The number of carbonyl (C=O) groups is 3. The second kappa shape index (κ2) is 9.33. The van der Waals surface area contributed by atoms with Crippen LogP contribution in [0.3, 0.4) is 0 Å². The lowest BCUT2D eigenvalue weighted by Crippen LogP contribution is -2.41. The molecule has 26 heavy (non-hydrogen) atoms. The molecule has 0 aliphatic carbocycles. The fourth-order valence-corrected chi connectivity index (χ4v) is 3.02. The van der Waals surface area contributed by atoms with Crippen molar-refractivity contribution in [2.45, 2.75) is 19.0 Å². The number of thioether (sulfide) groups is 1. The van der Waals surface area contributed by atoms with E-state index in [0.29, 0.717) is 17.9 Å². The molecule has 1 heterocycles. The SMILES string of the molecule is COc1ccc(CNC(=O)CN2C(=O)N[C@H](CCSC)C2=O)cc1OC. The van der Waals surface area contributed by atoms with Crippen molar-refractivity contribution in [1.82, 2.24) is 15.5 Å². The summed E-state index contributed by atoms with van der Waals surface area (Å²) in [7, 11) is 3.08. The van der Waals surface area contributed by atoms with Gasteiger partial charge in [0.1, 0.15) is 12.6 Å². The highest BCUT2D eigenvalue weighted by Gasteiger charge is 2.38. The van der Waals surface area contributed by atoms with Gasteiger partial charge in [-0.05, 0) is 36.1 Å². The van der Waals surface area contributed by atoms with Gasteiger partial charge in [-0.1, -0.05) is 6.07 Å². The van der Waals surface area contributed by atoms with Gasteiger partial charge in [-0.15, -0.1) is 0 Å². The summed E-state index contributed by atoms with van der Waals surface area (Å²) in [5.74, 6) is 1.15. The van der Waals surface area contributed by atoms with Crippen LogP contribution in [0.1, 0.15) is 12.0 Å². The van der Waals surface area contributed by atoms with E-state index in [-0.39, 0.29) is 19.0 Å². The normalized spacial score (nSPS) is 16.4. The van der Waals surface area contributed by atoms with Gasteiger partial charge in [0.25, 0.3) is 5.91 Å². The molecule has 1 fully saturated rings. The van der Waals surface area contributed by atoms with E-state index < -0.39 is 18.0 Å². The summed E-state index contributed by atoms with van der Waals surface area (Å²) in [6, 6.07) is 4.23. The Balaban J connectivity index is 1.89. The van der Waals surface area contributed by atoms with Gasteiger partial charge in [-0.3, -0.25) is 14.5 Å². The standard InChI is InChI=1S/C17H23N3O5S/c1-24-13-5-4-11(8-14(13)25-2)9-18-15(21)10-20-16(22)12(6-7-26-3)19-17(20)23/h4-5,8,12H,6-7,9-10H2,1-3H3,(H,18,21)(H,19,23)/t12-/m1/s1. The van der Waals surface area contributed by atoms with Crippen molar-refractivity contribution in [2.24, 2.45) is 0 Å². The average molecular weight is 381 g/mol. The van der Waals surface area contributed by atoms with Crippen molar-refractivity contribution in [3.8, 4) is 11.5 Å². The Kier molecular flexibility index (Phi) is 7.14. The number of benzene rings is 1. The second-order valence-corrected chi connectivity index (χ2v) is 6.66. The number of hydrogen-bond donors (Lipinski definition) is 2. The maximum absolute atomic E-state index is 12.2. The van der Waals surface area contributed by atoms with E-state index in [9.17, 15) is 14.4 Å². The topological polar surface area (TPSA) is 97.0 Å². The Labute approximate surface area is 156 Å². The van der Waals surface area contributed by atoms with Crippen LogP contribution in [0.25, 0.3) is 0 Å². The van der Waals surface area contributed by atoms with Crippen LogP contribution in [-0.4, -0.2) is 61.6 Å². The lowest BCUT2D eigenvalue weighted by atomic mass is 10.2. The third-order valence-corrected chi connectivity index (χ3v) is 4.60. The van der Waals surface area contributed by atoms with Crippen molar-refractivity contribution >= 4 is 29.6 Å². The monoisotopic (exact) mass is 381 g/mol. The van der Waals surface area contributed by atoms with Crippen LogP contribution in [0.4, 0.5) is 4.79 Å². The smallest absolute Gasteiger partial charge is 0.325 e. The van der Waals surface area contributed by atoms with E-state index in [4.69, 9.17) is 9.47 Å². The molecule has 142 valence electrons. The van der Waals surface area contributed by atoms with Gasteiger partial charge < -0.3 is 20.1 Å². The molecule has 1 saturated heterocycles. The molecule has 0 unspecified atom stereocenters. The van der Waals surface area contributed by atoms with Crippen molar-refractivity contribution in [3.63, 3.8) is 0 Å². The third-order valence-electron chi connectivity index (χ3n) is 3.96. The Bertz CT molecular complexity index is 682. The molecule has 1 atom stereocenters. The number of imide groups is 1. The van der Waals surface area contributed by atoms with Crippen LogP contribution in [-0.2, 0) is 16.1 Å². The lowest BCUT2D eigenvalue weighted by molar-refractivity contribution is -0.132. The highest BCUT2D eigenvalue weighted by Crippen LogP contribution is 2.27. The Hall–Kier alpha value is -2.42. The van der Waals surface area contributed by atoms with Crippen molar-refractivity contribution in [3.05, 3.63) is 23.8 Å². The summed E-state index contributed by atoms with van der Waals surface area (Å²) in [5, 5.41) is 5.31. The largest absolute Gasteiger partial charge is 0.493 e. The fourth-order valence-electron chi connectivity index (χ4n) is 2.55. The maximum Gasteiger partial charge on any atom is 0.325 e. The van der Waals surface area contributed by atoms with Gasteiger partial charge >= 0.3 is 6.03 Å². The molecule has 4 amide bonds. The lowest BCUT2D eigenvalue weighted by Gasteiger charge is -2.14. The summed E-state index contributed by atoms with van der Waals surface area (Å²) in [6.45, 7) is -0.0491. The van der Waals surface area contributed by atoms with E-state index in [1.807, 2.05) is 6.26 Å². The van der Waals surface area contributed by atoms with Crippen LogP contribution in [0, 0.1) is 0 Å². The molecule has 0 aromatic heterocycles. The molecule has 8 nitrogen and oxygen atoms in total. The number of amides is 4. The van der Waals surface area contributed by atoms with Crippen LogP contribution < -0.4 is 20.1 Å². The highest BCUT2D eigenvalue weighted by molar-refractivity contribution is 7.98. The molecule has 0 spiro atoms. The zero-order valence-corrected chi connectivity index (χ0v) is 15.9. The van der Waals surface area contributed by atoms with Gasteiger partial charge in [-0.2, -0.15) is 11.8 Å². The molecule has 1 aromatic carbocycles. The van der Waals surface area contributed by atoms with E-state index in [1.165, 1.54) is 7.11 Å². The summed E-state index contributed by atoms with van der Waals surface area (Å²) < 4.78 is 10.4. The number of urea groups is 1. The van der Waals surface area contributed by atoms with Crippen LogP contribution in [0.15, 0.2) is 18.2 Å². The first-order valence-electron chi connectivity index (χ1n) is 8.08. The van der Waals surface area contributed by atoms with E-state index in [0.717, 1.165) is 16.2 Å². The minimum Gasteiger partial charge on any atom is -0.493 e. The summed E-state index contributed by atoms with van der Waals surface area (Å²) in [6.07, 6.45) is 2.48. The predicted molar refractivity (Wildman–Crippen MR) is 98.4 cm³/mol. The molecule has 1 aliphatic heterocycles. The van der Waals surface area contributed by atoms with Crippen LogP contribution in [0.5, 0.6) is 11.5 Å². The Morgan fingerprint density at radius 2 is 2.00 bits per heavy atom. The number of nitrogens with one attached hydrogen (secondary N) is 2. The summed E-state index contributed by atoms with van der Waals surface area (Å²) in [4.78, 5) is 37.2. The first kappa shape index (κ1) is 19.9. The van der Waals surface area contributed by atoms with Gasteiger partial charge in [0.2, 0.25) is 5.91 Å². The number of carbonyl (C=O) groups excluding carboxylic acids is 3. The summed E-state index contributed by atoms with van der Waals surface area (Å²) in [5.41, 5.74) is 0.811. The van der Waals surface area contributed by atoms with Crippen LogP contribution >= 0.6 is 11.8 Å². The molecule has 0 radical (unpaired) electrons. The maximum atomic E-state index is 12.2. The molecular formula is C17H23N3O5S. The molecule has 2 N–H and O–H groups in total. The van der Waals surface area contributed by atoms with Crippen LogP contribution in [0.2, 0.25) is 0 Å². The number of nitrogens with zero attached hydrogens (tertiary/aromatic N) is 1. The van der Waals surface area contributed by atoms with Crippen molar-refractivity contribution in [1.29, 1.82) is 0 Å². The quantitative estimate of drug-likeness (QED) is 0.620. The molecule has 0 bridgehead atoms. The van der Waals surface area contributed by atoms with Crippen molar-refractivity contribution < 1.29 is 23.9 Å². The number of methoxy groups -OCH3 is 2. The van der Waals surface area contributed by atoms with E-state index in [2.05, 4.69) is 10.6 Å². The van der Waals surface area contributed by atoms with E-state index in [1.54, 1.807) is 37.1 Å². The highest BCUT2D eigenvalue weighted by atomic mass is 32.2. The van der Waals surface area contributed by atoms with Gasteiger partial charge in [0.15, 0.2) is 11.5 Å². The molecule has 9 heteroatoms. The Morgan fingerprint density at radius 3 is 2.65 bits per heavy atom. The second-order valence-electron chi connectivity index (χ2n) is 5.67. The van der Waals surface area contributed by atoms with Gasteiger partial charge in [0.05, 0.1) is 14.2 Å². The fraction of sp³-hybridized carbons (Fsp3) is 0.471. The number of hydrogen-bond acceptors (Lipinski definition) is 6. The van der Waals surface area contributed by atoms with Crippen molar-refractivity contribution in [2.75, 3.05) is 32.8 Å². The first-order chi connectivity index (χ1) is 12.5. The first-order valence-corrected chi connectivity index (χ1v) is 9.48. The van der Waals surface area contributed by atoms with E-state index >= 15 is 0 Å². The molecule has 2 rings (SSSR count). The zero-order chi connectivity index (χ0) is 19.1. The summed E-state index contributed by atoms with van der Waals surface area (Å²) >= 11 is 1.60. The number of ether oxygens (including phenoxy) is 2. The molecule has 1 aliphatic rings. The minimum atomic E-state index is -0.548. The minimum absolute atomic E-state index is 0.249. The Morgan fingerprint density at radius 1 is 1.27 bits per heavy atom. The van der Waals surface area contributed by atoms with Gasteiger partial charge in [0, 0.05) is 6.54 Å². The zero-order valence-electron chi connectivity index (χ0n) is 15.0. The number of rotatable bonds is 9. The molecule has 0 saturated carbocycles. The predicted octanol–water partition coefficient (Wildman–Crippen LogP) is 0.994. The molecule has 1 aromatic rings. The third kappa shape index (κ3) is 4.81.